The van der Waals surface area contributed by atoms with Crippen LogP contribution in [-0.2, 0) is 13.2 Å². The summed E-state index contributed by atoms with van der Waals surface area (Å²) in [5.74, 6) is 0. The van der Waals surface area contributed by atoms with Crippen LogP contribution in [0.1, 0.15) is 30.7 Å². The number of aliphatic hydroxyl groups excluding tert-OH is 1. The van der Waals surface area contributed by atoms with Crippen LogP contribution < -0.4 is 5.32 Å². The minimum absolute atomic E-state index is 0.0239. The molecule has 1 saturated heterocycles. The van der Waals surface area contributed by atoms with Gasteiger partial charge in [0.15, 0.2) is 0 Å². The van der Waals surface area contributed by atoms with Gasteiger partial charge in [-0.3, -0.25) is 0 Å². The molecule has 0 bridgehead atoms. The van der Waals surface area contributed by atoms with Crippen LogP contribution in [0.4, 0.5) is 0 Å². The lowest BCUT2D eigenvalue weighted by Crippen LogP contribution is -2.37. The van der Waals surface area contributed by atoms with Crippen LogP contribution in [0, 0.1) is 6.92 Å². The molecule has 1 aromatic heterocycles. The summed E-state index contributed by atoms with van der Waals surface area (Å²) in [6.07, 6.45) is 3.76. The maximum absolute atomic E-state index is 9.01. The number of rotatable bonds is 3. The van der Waals surface area contributed by atoms with E-state index in [-0.39, 0.29) is 6.61 Å². The molecular weight excluding hydrogens is 192 g/mol. The molecule has 1 aromatic rings. The minimum atomic E-state index is -0.0239. The molecule has 0 radical (unpaired) electrons. The van der Waals surface area contributed by atoms with Gasteiger partial charge in [0.2, 0.25) is 0 Å². The lowest BCUT2D eigenvalue weighted by atomic mass is 10.1. The average Bonchev–Trinajstić information content (AvgIpc) is 2.62. The van der Waals surface area contributed by atoms with E-state index < -0.39 is 0 Å². The van der Waals surface area contributed by atoms with Crippen molar-refractivity contribution in [2.24, 2.45) is 0 Å². The summed E-state index contributed by atoms with van der Waals surface area (Å²) < 4.78 is 1.88. The summed E-state index contributed by atoms with van der Waals surface area (Å²) in [5, 5.41) is 20.5. The number of aromatic nitrogens is 3. The Morgan fingerprint density at radius 2 is 2.40 bits per heavy atom. The van der Waals surface area contributed by atoms with Gasteiger partial charge in [0.1, 0.15) is 5.69 Å². The second kappa shape index (κ2) is 4.72. The molecule has 1 unspecified atom stereocenters. The van der Waals surface area contributed by atoms with E-state index >= 15 is 0 Å². The molecule has 0 aliphatic carbocycles. The van der Waals surface area contributed by atoms with Crippen LogP contribution in [-0.4, -0.2) is 32.7 Å². The monoisotopic (exact) mass is 210 g/mol. The van der Waals surface area contributed by atoms with Crippen molar-refractivity contribution in [3.8, 4) is 0 Å². The molecule has 0 amide bonds. The zero-order valence-electron chi connectivity index (χ0n) is 9.11. The predicted molar refractivity (Wildman–Crippen MR) is 56.3 cm³/mol. The Bertz CT molecular complexity index is 317. The lowest BCUT2D eigenvalue weighted by molar-refractivity contribution is 0.275. The fourth-order valence-corrected chi connectivity index (χ4v) is 2.00. The summed E-state index contributed by atoms with van der Waals surface area (Å²) in [4.78, 5) is 0. The van der Waals surface area contributed by atoms with Gasteiger partial charge in [-0.25, -0.2) is 4.68 Å². The molecule has 0 spiro atoms. The fraction of sp³-hybridized carbons (Fsp3) is 0.800. The molecule has 1 fully saturated rings. The smallest absolute Gasteiger partial charge is 0.111 e. The van der Waals surface area contributed by atoms with Crippen molar-refractivity contribution in [1.82, 2.24) is 20.3 Å². The van der Waals surface area contributed by atoms with Gasteiger partial charge in [0, 0.05) is 6.04 Å². The summed E-state index contributed by atoms with van der Waals surface area (Å²) in [5.41, 5.74) is 1.66. The molecule has 15 heavy (non-hydrogen) atoms. The first-order chi connectivity index (χ1) is 7.31. The van der Waals surface area contributed by atoms with Crippen molar-refractivity contribution in [2.45, 2.75) is 45.4 Å². The second-order valence-corrected chi connectivity index (χ2v) is 4.11. The highest BCUT2D eigenvalue weighted by Gasteiger charge is 2.15. The van der Waals surface area contributed by atoms with Gasteiger partial charge in [-0.05, 0) is 26.3 Å². The van der Waals surface area contributed by atoms with Gasteiger partial charge in [0.05, 0.1) is 18.8 Å². The molecule has 1 aliphatic rings. The SMILES string of the molecule is Cc1c(CO)nnn1CC1CCCCN1. The van der Waals surface area contributed by atoms with Crippen molar-refractivity contribution >= 4 is 0 Å². The van der Waals surface area contributed by atoms with Gasteiger partial charge in [-0.15, -0.1) is 5.10 Å². The van der Waals surface area contributed by atoms with E-state index in [9.17, 15) is 0 Å². The van der Waals surface area contributed by atoms with E-state index in [1.807, 2.05) is 11.6 Å². The van der Waals surface area contributed by atoms with Crippen molar-refractivity contribution in [2.75, 3.05) is 6.54 Å². The van der Waals surface area contributed by atoms with Crippen LogP contribution in [0.3, 0.4) is 0 Å². The summed E-state index contributed by atoms with van der Waals surface area (Å²) in [6, 6.07) is 0.505. The molecule has 0 aromatic carbocycles. The molecule has 0 saturated carbocycles. The van der Waals surface area contributed by atoms with Gasteiger partial charge >= 0.3 is 0 Å². The quantitative estimate of drug-likeness (QED) is 0.749. The number of hydrogen-bond acceptors (Lipinski definition) is 4. The Balaban J connectivity index is 2.00. The third kappa shape index (κ3) is 2.35. The van der Waals surface area contributed by atoms with Crippen molar-refractivity contribution < 1.29 is 5.11 Å². The minimum Gasteiger partial charge on any atom is -0.390 e. The molecule has 2 heterocycles. The zero-order valence-corrected chi connectivity index (χ0v) is 9.11. The molecule has 5 heteroatoms. The molecule has 2 rings (SSSR count). The molecule has 1 atom stereocenters. The summed E-state index contributed by atoms with van der Waals surface area (Å²) >= 11 is 0. The zero-order chi connectivity index (χ0) is 10.7. The number of nitrogens with one attached hydrogen (secondary N) is 1. The number of aliphatic hydroxyl groups is 1. The first-order valence-electron chi connectivity index (χ1n) is 5.54. The predicted octanol–water partition coefficient (Wildman–Crippen LogP) is 0.221. The lowest BCUT2D eigenvalue weighted by Gasteiger charge is -2.23. The Labute approximate surface area is 89.5 Å². The first kappa shape index (κ1) is 10.6. The molecule has 1 aliphatic heterocycles. The third-order valence-electron chi connectivity index (χ3n) is 3.03. The third-order valence-corrected chi connectivity index (χ3v) is 3.03. The first-order valence-corrected chi connectivity index (χ1v) is 5.54. The standard InChI is InChI=1S/C10H18N4O/c1-8-10(7-15)12-13-14(8)6-9-4-2-3-5-11-9/h9,11,15H,2-7H2,1H3. The number of nitrogens with zero attached hydrogens (tertiary/aromatic N) is 3. The summed E-state index contributed by atoms with van der Waals surface area (Å²) in [7, 11) is 0. The van der Waals surface area contributed by atoms with Crippen LogP contribution in [0.5, 0.6) is 0 Å². The Morgan fingerprint density at radius 3 is 3.00 bits per heavy atom. The van der Waals surface area contributed by atoms with Crippen LogP contribution in [0.2, 0.25) is 0 Å². The van der Waals surface area contributed by atoms with Crippen molar-refractivity contribution in [3.63, 3.8) is 0 Å². The Hall–Kier alpha value is -0.940. The van der Waals surface area contributed by atoms with Gasteiger partial charge in [-0.1, -0.05) is 11.6 Å². The fourth-order valence-electron chi connectivity index (χ4n) is 2.00. The van der Waals surface area contributed by atoms with Crippen molar-refractivity contribution in [1.29, 1.82) is 0 Å². The van der Waals surface area contributed by atoms with E-state index in [0.29, 0.717) is 11.7 Å². The van der Waals surface area contributed by atoms with Crippen LogP contribution in [0.25, 0.3) is 0 Å². The van der Waals surface area contributed by atoms with E-state index in [2.05, 4.69) is 15.6 Å². The van der Waals surface area contributed by atoms with E-state index in [1.165, 1.54) is 19.3 Å². The average molecular weight is 210 g/mol. The topological polar surface area (TPSA) is 63.0 Å². The van der Waals surface area contributed by atoms with Crippen molar-refractivity contribution in [3.05, 3.63) is 11.4 Å². The normalized spacial score (nSPS) is 21.9. The Kier molecular flexibility index (Phi) is 3.33. The number of piperidine rings is 1. The molecule has 2 N–H and O–H groups in total. The van der Waals surface area contributed by atoms with Crippen LogP contribution >= 0.6 is 0 Å². The highest BCUT2D eigenvalue weighted by molar-refractivity contribution is 5.06. The van der Waals surface area contributed by atoms with Gasteiger partial charge in [-0.2, -0.15) is 0 Å². The number of hydrogen-bond donors (Lipinski definition) is 2. The maximum atomic E-state index is 9.01. The second-order valence-electron chi connectivity index (χ2n) is 4.11. The molecule has 5 nitrogen and oxygen atoms in total. The van der Waals surface area contributed by atoms with Gasteiger partial charge in [0.25, 0.3) is 0 Å². The largest absolute Gasteiger partial charge is 0.390 e. The summed E-state index contributed by atoms with van der Waals surface area (Å²) in [6.45, 7) is 3.89. The Morgan fingerprint density at radius 1 is 1.53 bits per heavy atom. The molecular formula is C10H18N4O. The van der Waals surface area contributed by atoms with E-state index in [1.54, 1.807) is 0 Å². The van der Waals surface area contributed by atoms with E-state index in [4.69, 9.17) is 5.11 Å². The van der Waals surface area contributed by atoms with Gasteiger partial charge < -0.3 is 10.4 Å². The van der Waals surface area contributed by atoms with E-state index in [0.717, 1.165) is 18.8 Å². The van der Waals surface area contributed by atoms with Crippen LogP contribution in [0.15, 0.2) is 0 Å². The highest BCUT2D eigenvalue weighted by atomic mass is 16.3. The molecule has 84 valence electrons. The highest BCUT2D eigenvalue weighted by Crippen LogP contribution is 2.10. The maximum Gasteiger partial charge on any atom is 0.111 e.